The predicted octanol–water partition coefficient (Wildman–Crippen LogP) is 1.18. The standard InChI is InChI=1S/C19H22FN3O2/c1-14-6-7-15(12-16(14)20)21-19(25)13-22-8-10-23(11-9-22)17-4-2-3-5-18(17)24/h2-7,12,24H,8-11,13H2,1H3,(H,21,25)/p+1. The van der Waals surface area contributed by atoms with Gasteiger partial charge in [0.15, 0.2) is 6.54 Å². The van der Waals surface area contributed by atoms with Crippen LogP contribution in [-0.2, 0) is 4.79 Å². The van der Waals surface area contributed by atoms with E-state index in [0.717, 1.165) is 31.9 Å². The second-order valence-electron chi connectivity index (χ2n) is 6.41. The molecule has 0 saturated carbocycles. The number of phenolic OH excluding ortho intramolecular Hbond substituents is 1. The number of halogens is 1. The largest absolute Gasteiger partial charge is 0.506 e. The molecule has 25 heavy (non-hydrogen) atoms. The summed E-state index contributed by atoms with van der Waals surface area (Å²) in [6.07, 6.45) is 0. The summed E-state index contributed by atoms with van der Waals surface area (Å²) in [5.74, 6) is -0.152. The monoisotopic (exact) mass is 344 g/mol. The van der Waals surface area contributed by atoms with Gasteiger partial charge in [-0.3, -0.25) is 4.79 Å². The highest BCUT2D eigenvalue weighted by atomic mass is 19.1. The summed E-state index contributed by atoms with van der Waals surface area (Å²) in [6.45, 7) is 5.21. The Morgan fingerprint density at radius 1 is 1.24 bits per heavy atom. The van der Waals surface area contributed by atoms with Crippen LogP contribution >= 0.6 is 0 Å². The number of aryl methyl sites for hydroxylation is 1. The van der Waals surface area contributed by atoms with Gasteiger partial charge in [-0.1, -0.05) is 18.2 Å². The van der Waals surface area contributed by atoms with Crippen molar-refractivity contribution in [1.29, 1.82) is 0 Å². The third kappa shape index (κ3) is 4.28. The zero-order chi connectivity index (χ0) is 17.8. The number of amides is 1. The Labute approximate surface area is 146 Å². The fraction of sp³-hybridized carbons (Fsp3) is 0.316. The molecule has 1 aliphatic rings. The molecule has 1 saturated heterocycles. The molecule has 0 radical (unpaired) electrons. The Kier molecular flexibility index (Phi) is 5.19. The van der Waals surface area contributed by atoms with Gasteiger partial charge in [-0.05, 0) is 36.8 Å². The van der Waals surface area contributed by atoms with E-state index in [1.807, 2.05) is 12.1 Å². The lowest BCUT2D eigenvalue weighted by Crippen LogP contribution is -3.15. The van der Waals surface area contributed by atoms with Gasteiger partial charge in [0.05, 0.1) is 31.9 Å². The van der Waals surface area contributed by atoms with E-state index >= 15 is 0 Å². The summed E-state index contributed by atoms with van der Waals surface area (Å²) >= 11 is 0. The third-order valence-corrected chi connectivity index (χ3v) is 4.56. The molecule has 132 valence electrons. The number of nitrogens with zero attached hydrogens (tertiary/aromatic N) is 1. The van der Waals surface area contributed by atoms with Crippen LogP contribution in [0.5, 0.6) is 5.75 Å². The first kappa shape index (κ1) is 17.2. The van der Waals surface area contributed by atoms with Crippen LogP contribution in [0.15, 0.2) is 42.5 Å². The molecule has 0 spiro atoms. The molecule has 6 heteroatoms. The summed E-state index contributed by atoms with van der Waals surface area (Å²) in [5, 5.41) is 12.7. The van der Waals surface area contributed by atoms with Crippen LogP contribution in [0.2, 0.25) is 0 Å². The van der Waals surface area contributed by atoms with E-state index < -0.39 is 0 Å². The highest BCUT2D eigenvalue weighted by Gasteiger charge is 2.23. The van der Waals surface area contributed by atoms with Crippen molar-refractivity contribution in [3.63, 3.8) is 0 Å². The summed E-state index contributed by atoms with van der Waals surface area (Å²) in [5.41, 5.74) is 1.88. The number of carbonyl (C=O) groups excluding carboxylic acids is 1. The van der Waals surface area contributed by atoms with Crippen molar-refractivity contribution in [2.75, 3.05) is 42.9 Å². The van der Waals surface area contributed by atoms with E-state index in [2.05, 4.69) is 10.2 Å². The van der Waals surface area contributed by atoms with Crippen LogP contribution in [0.4, 0.5) is 15.8 Å². The van der Waals surface area contributed by atoms with Crippen LogP contribution in [0.1, 0.15) is 5.56 Å². The molecule has 0 aliphatic carbocycles. The summed E-state index contributed by atoms with van der Waals surface area (Å²) < 4.78 is 13.5. The van der Waals surface area contributed by atoms with Crippen molar-refractivity contribution in [2.24, 2.45) is 0 Å². The maximum absolute atomic E-state index is 13.5. The minimum Gasteiger partial charge on any atom is -0.506 e. The number of carbonyl (C=O) groups is 1. The van der Waals surface area contributed by atoms with Gasteiger partial charge in [0.25, 0.3) is 5.91 Å². The van der Waals surface area contributed by atoms with E-state index in [1.165, 1.54) is 11.0 Å². The first-order valence-electron chi connectivity index (χ1n) is 8.45. The van der Waals surface area contributed by atoms with Gasteiger partial charge in [0.2, 0.25) is 0 Å². The molecule has 1 fully saturated rings. The molecule has 2 aromatic rings. The molecule has 0 bridgehead atoms. The van der Waals surface area contributed by atoms with Crippen LogP contribution in [0.25, 0.3) is 0 Å². The fourth-order valence-corrected chi connectivity index (χ4v) is 3.08. The molecule has 0 unspecified atom stereocenters. The zero-order valence-corrected chi connectivity index (χ0v) is 14.3. The predicted molar refractivity (Wildman–Crippen MR) is 95.7 cm³/mol. The first-order chi connectivity index (χ1) is 12.0. The number of benzene rings is 2. The van der Waals surface area contributed by atoms with Gasteiger partial charge in [-0.2, -0.15) is 0 Å². The topological polar surface area (TPSA) is 57.0 Å². The Balaban J connectivity index is 1.51. The van der Waals surface area contributed by atoms with Gasteiger partial charge in [-0.15, -0.1) is 0 Å². The first-order valence-corrected chi connectivity index (χ1v) is 8.45. The molecule has 0 atom stereocenters. The lowest BCUT2D eigenvalue weighted by molar-refractivity contribution is -0.892. The summed E-state index contributed by atoms with van der Waals surface area (Å²) in [6, 6.07) is 12.0. The number of phenols is 1. The van der Waals surface area contributed by atoms with Crippen molar-refractivity contribution in [2.45, 2.75) is 6.92 Å². The van der Waals surface area contributed by atoms with E-state index in [0.29, 0.717) is 17.8 Å². The van der Waals surface area contributed by atoms with Crippen LogP contribution in [0, 0.1) is 12.7 Å². The lowest BCUT2D eigenvalue weighted by Gasteiger charge is -2.33. The molecule has 0 aromatic heterocycles. The number of para-hydroxylation sites is 2. The Hall–Kier alpha value is -2.60. The van der Waals surface area contributed by atoms with Crippen molar-refractivity contribution in [1.82, 2.24) is 0 Å². The smallest absolute Gasteiger partial charge is 0.279 e. The van der Waals surface area contributed by atoms with Crippen LogP contribution < -0.4 is 15.1 Å². The molecule has 1 heterocycles. The van der Waals surface area contributed by atoms with E-state index in [1.54, 1.807) is 31.2 Å². The van der Waals surface area contributed by atoms with E-state index in [9.17, 15) is 14.3 Å². The molecule has 3 N–H and O–H groups in total. The van der Waals surface area contributed by atoms with E-state index in [4.69, 9.17) is 0 Å². The van der Waals surface area contributed by atoms with Crippen molar-refractivity contribution < 1.29 is 19.2 Å². The molecule has 5 nitrogen and oxygen atoms in total. The number of rotatable bonds is 4. The minimum absolute atomic E-state index is 0.116. The average Bonchev–Trinajstić information content (AvgIpc) is 2.59. The van der Waals surface area contributed by atoms with E-state index in [-0.39, 0.29) is 17.5 Å². The average molecular weight is 344 g/mol. The van der Waals surface area contributed by atoms with Gasteiger partial charge < -0.3 is 20.2 Å². The number of aromatic hydroxyl groups is 1. The van der Waals surface area contributed by atoms with Gasteiger partial charge in [0, 0.05) is 5.69 Å². The highest BCUT2D eigenvalue weighted by molar-refractivity contribution is 5.91. The Bertz CT molecular complexity index is 758. The molecular formula is C19H23FN3O2+. The quantitative estimate of drug-likeness (QED) is 0.781. The van der Waals surface area contributed by atoms with Crippen LogP contribution in [-0.4, -0.2) is 43.7 Å². The number of quaternary nitrogens is 1. The lowest BCUT2D eigenvalue weighted by atomic mass is 10.2. The van der Waals surface area contributed by atoms with Crippen molar-refractivity contribution >= 4 is 17.3 Å². The number of hydrogen-bond acceptors (Lipinski definition) is 3. The number of hydrogen-bond donors (Lipinski definition) is 3. The van der Waals surface area contributed by atoms with Gasteiger partial charge >= 0.3 is 0 Å². The van der Waals surface area contributed by atoms with Crippen LogP contribution in [0.3, 0.4) is 0 Å². The highest BCUT2D eigenvalue weighted by Crippen LogP contribution is 2.25. The fourth-order valence-electron chi connectivity index (χ4n) is 3.08. The maximum atomic E-state index is 13.5. The summed E-state index contributed by atoms with van der Waals surface area (Å²) in [7, 11) is 0. The molecule has 2 aromatic carbocycles. The van der Waals surface area contributed by atoms with Crippen molar-refractivity contribution in [3.8, 4) is 5.75 Å². The molecule has 1 amide bonds. The second-order valence-corrected chi connectivity index (χ2v) is 6.41. The molecule has 1 aliphatic heterocycles. The molecular weight excluding hydrogens is 321 g/mol. The Morgan fingerprint density at radius 3 is 2.64 bits per heavy atom. The second kappa shape index (κ2) is 7.53. The van der Waals surface area contributed by atoms with Gasteiger partial charge in [-0.25, -0.2) is 4.39 Å². The minimum atomic E-state index is -0.318. The number of piperazine rings is 1. The normalized spacial score (nSPS) is 15.2. The molecule has 3 rings (SSSR count). The summed E-state index contributed by atoms with van der Waals surface area (Å²) in [4.78, 5) is 15.5. The van der Waals surface area contributed by atoms with Gasteiger partial charge in [0.1, 0.15) is 11.6 Å². The number of nitrogens with one attached hydrogen (secondary N) is 2. The number of anilines is 2. The third-order valence-electron chi connectivity index (χ3n) is 4.56. The Morgan fingerprint density at radius 2 is 1.96 bits per heavy atom. The zero-order valence-electron chi connectivity index (χ0n) is 14.3. The van der Waals surface area contributed by atoms with Crippen molar-refractivity contribution in [3.05, 3.63) is 53.8 Å². The SMILES string of the molecule is Cc1ccc(NC(=O)C[NH+]2CCN(c3ccccc3O)CC2)cc1F. The maximum Gasteiger partial charge on any atom is 0.279 e.